The Labute approximate surface area is 77.8 Å². The number of aliphatic hydroxyl groups is 1. The normalized spacial score (nSPS) is 49.6. The molecular weight excluding hydrogens is 172 g/mol. The molecule has 13 heavy (non-hydrogen) atoms. The van der Waals surface area contributed by atoms with Crippen molar-refractivity contribution in [2.75, 3.05) is 13.2 Å². The molecule has 0 aliphatic carbocycles. The van der Waals surface area contributed by atoms with Crippen LogP contribution in [0.3, 0.4) is 0 Å². The van der Waals surface area contributed by atoms with E-state index in [1.807, 2.05) is 13.8 Å². The van der Waals surface area contributed by atoms with Crippen molar-refractivity contribution in [2.45, 2.75) is 44.4 Å². The van der Waals surface area contributed by atoms with Gasteiger partial charge in [0.2, 0.25) is 0 Å². The van der Waals surface area contributed by atoms with Crippen LogP contribution in [0.1, 0.15) is 20.3 Å². The predicted octanol–water partition coefficient (Wildman–Crippen LogP) is 0.288. The van der Waals surface area contributed by atoms with E-state index >= 15 is 0 Å². The molecule has 4 heteroatoms. The quantitative estimate of drug-likeness (QED) is 0.676. The van der Waals surface area contributed by atoms with Gasteiger partial charge in [0.1, 0.15) is 18.3 Å². The maximum atomic E-state index is 9.00. The van der Waals surface area contributed by atoms with Crippen LogP contribution in [0, 0.1) is 0 Å². The van der Waals surface area contributed by atoms with Gasteiger partial charge in [0.05, 0.1) is 13.2 Å². The van der Waals surface area contributed by atoms with Crippen molar-refractivity contribution < 1.29 is 19.3 Å². The molecule has 0 aromatic rings. The highest BCUT2D eigenvalue weighted by Gasteiger charge is 2.50. The zero-order valence-corrected chi connectivity index (χ0v) is 8.03. The minimum atomic E-state index is -0.480. The van der Waals surface area contributed by atoms with Crippen LogP contribution in [0.15, 0.2) is 0 Å². The van der Waals surface area contributed by atoms with Crippen molar-refractivity contribution in [1.29, 1.82) is 0 Å². The second-order valence-electron chi connectivity index (χ2n) is 3.78. The highest BCUT2D eigenvalue weighted by molar-refractivity contribution is 4.92. The molecule has 2 heterocycles. The van der Waals surface area contributed by atoms with Gasteiger partial charge in [-0.3, -0.25) is 0 Å². The summed E-state index contributed by atoms with van der Waals surface area (Å²) < 4.78 is 16.7. The van der Waals surface area contributed by atoms with Crippen molar-refractivity contribution >= 4 is 0 Å². The molecular formula is C9H16O4. The van der Waals surface area contributed by atoms with Gasteiger partial charge in [0.25, 0.3) is 0 Å². The number of rotatable bonds is 2. The molecule has 0 aromatic carbocycles. The smallest absolute Gasteiger partial charge is 0.166 e. The Morgan fingerprint density at radius 3 is 2.85 bits per heavy atom. The minimum absolute atomic E-state index is 0.00194. The third kappa shape index (κ3) is 1.48. The largest absolute Gasteiger partial charge is 0.394 e. The Bertz CT molecular complexity index is 196. The van der Waals surface area contributed by atoms with Crippen LogP contribution < -0.4 is 0 Å². The van der Waals surface area contributed by atoms with Gasteiger partial charge in [-0.05, 0) is 13.3 Å². The fraction of sp³-hybridized carbons (Fsp3) is 1.00. The summed E-state index contributed by atoms with van der Waals surface area (Å²) in [4.78, 5) is 0. The zero-order valence-electron chi connectivity index (χ0n) is 8.03. The third-order valence-electron chi connectivity index (χ3n) is 2.82. The number of hydrogen-bond acceptors (Lipinski definition) is 4. The first-order valence-corrected chi connectivity index (χ1v) is 4.76. The minimum Gasteiger partial charge on any atom is -0.394 e. The molecule has 2 rings (SSSR count). The average molecular weight is 188 g/mol. The lowest BCUT2D eigenvalue weighted by molar-refractivity contribution is -0.191. The van der Waals surface area contributed by atoms with E-state index in [-0.39, 0.29) is 24.9 Å². The van der Waals surface area contributed by atoms with Crippen LogP contribution in [0.5, 0.6) is 0 Å². The maximum absolute atomic E-state index is 9.00. The van der Waals surface area contributed by atoms with Gasteiger partial charge in [0, 0.05) is 0 Å². The molecule has 2 aliphatic rings. The van der Waals surface area contributed by atoms with E-state index in [1.54, 1.807) is 0 Å². The lowest BCUT2D eigenvalue weighted by Crippen LogP contribution is -2.32. The molecule has 1 N–H and O–H groups in total. The fourth-order valence-corrected chi connectivity index (χ4v) is 1.86. The molecule has 0 spiro atoms. The Balaban J connectivity index is 2.05. The summed E-state index contributed by atoms with van der Waals surface area (Å²) in [6.07, 6.45) is 0.522. The molecule has 2 fully saturated rings. The lowest BCUT2D eigenvalue weighted by atomic mass is 10.2. The van der Waals surface area contributed by atoms with E-state index in [1.165, 1.54) is 0 Å². The third-order valence-corrected chi connectivity index (χ3v) is 2.82. The number of ether oxygens (including phenoxy) is 3. The number of fused-ring (bicyclic) bond motifs is 1. The molecule has 0 aromatic heterocycles. The second-order valence-corrected chi connectivity index (χ2v) is 3.78. The molecule has 2 aliphatic heterocycles. The van der Waals surface area contributed by atoms with Gasteiger partial charge in [-0.2, -0.15) is 0 Å². The van der Waals surface area contributed by atoms with Gasteiger partial charge in [-0.15, -0.1) is 0 Å². The molecule has 4 unspecified atom stereocenters. The number of aliphatic hydroxyl groups excluding tert-OH is 1. The molecule has 2 saturated heterocycles. The number of hydrogen-bond donors (Lipinski definition) is 1. The summed E-state index contributed by atoms with van der Waals surface area (Å²) in [6, 6.07) is 0. The highest BCUT2D eigenvalue weighted by Crippen LogP contribution is 2.36. The van der Waals surface area contributed by atoms with Crippen molar-refractivity contribution in [3.05, 3.63) is 0 Å². The molecule has 0 bridgehead atoms. The van der Waals surface area contributed by atoms with Crippen molar-refractivity contribution in [2.24, 2.45) is 0 Å². The summed E-state index contributed by atoms with van der Waals surface area (Å²) in [7, 11) is 0. The maximum Gasteiger partial charge on any atom is 0.166 e. The van der Waals surface area contributed by atoms with Crippen molar-refractivity contribution in [3.63, 3.8) is 0 Å². The zero-order chi connectivity index (χ0) is 9.47. The van der Waals surface area contributed by atoms with Crippen LogP contribution in [0.2, 0.25) is 0 Å². The summed E-state index contributed by atoms with van der Waals surface area (Å²) in [5, 5.41) is 9.00. The van der Waals surface area contributed by atoms with Crippen LogP contribution in [0.25, 0.3) is 0 Å². The Morgan fingerprint density at radius 1 is 1.46 bits per heavy atom. The van der Waals surface area contributed by atoms with Crippen LogP contribution >= 0.6 is 0 Å². The van der Waals surface area contributed by atoms with E-state index in [9.17, 15) is 0 Å². The summed E-state index contributed by atoms with van der Waals surface area (Å²) >= 11 is 0. The first kappa shape index (κ1) is 9.40. The van der Waals surface area contributed by atoms with Gasteiger partial charge >= 0.3 is 0 Å². The molecule has 0 saturated carbocycles. The topological polar surface area (TPSA) is 47.9 Å². The van der Waals surface area contributed by atoms with Gasteiger partial charge in [0.15, 0.2) is 5.79 Å². The first-order valence-electron chi connectivity index (χ1n) is 4.76. The van der Waals surface area contributed by atoms with E-state index in [4.69, 9.17) is 19.3 Å². The van der Waals surface area contributed by atoms with Gasteiger partial charge in [-0.1, -0.05) is 6.92 Å². The fourth-order valence-electron chi connectivity index (χ4n) is 1.86. The first-order chi connectivity index (χ1) is 6.18. The van der Waals surface area contributed by atoms with Gasteiger partial charge in [-0.25, -0.2) is 0 Å². The monoisotopic (exact) mass is 188 g/mol. The average Bonchev–Trinajstić information content (AvgIpc) is 2.61. The van der Waals surface area contributed by atoms with E-state index in [2.05, 4.69) is 0 Å². The van der Waals surface area contributed by atoms with Gasteiger partial charge < -0.3 is 19.3 Å². The van der Waals surface area contributed by atoms with E-state index in [0.29, 0.717) is 6.61 Å². The Morgan fingerprint density at radius 2 is 2.23 bits per heavy atom. The van der Waals surface area contributed by atoms with Crippen molar-refractivity contribution in [3.8, 4) is 0 Å². The van der Waals surface area contributed by atoms with Crippen LogP contribution in [-0.4, -0.2) is 42.4 Å². The SMILES string of the molecule is CCC1(C)OC2COC(CO)C2O1. The van der Waals surface area contributed by atoms with E-state index in [0.717, 1.165) is 6.42 Å². The molecule has 0 amide bonds. The van der Waals surface area contributed by atoms with Crippen molar-refractivity contribution in [1.82, 2.24) is 0 Å². The molecule has 76 valence electrons. The van der Waals surface area contributed by atoms with E-state index < -0.39 is 5.79 Å². The predicted molar refractivity (Wildman–Crippen MR) is 45.3 cm³/mol. The molecule has 4 atom stereocenters. The second kappa shape index (κ2) is 3.20. The summed E-state index contributed by atoms with van der Waals surface area (Å²) in [6.45, 7) is 4.49. The highest BCUT2D eigenvalue weighted by atomic mass is 16.8. The summed E-state index contributed by atoms with van der Waals surface area (Å²) in [5.74, 6) is -0.480. The Kier molecular flexibility index (Phi) is 2.32. The Hall–Kier alpha value is -0.160. The summed E-state index contributed by atoms with van der Waals surface area (Å²) in [5.41, 5.74) is 0. The van der Waals surface area contributed by atoms with Crippen LogP contribution in [0.4, 0.5) is 0 Å². The lowest BCUT2D eigenvalue weighted by Gasteiger charge is -2.23. The molecule has 4 nitrogen and oxygen atoms in total. The molecule has 0 radical (unpaired) electrons. The standard InChI is InChI=1S/C9H16O4/c1-3-9(2)12-7-5-11-6(4-10)8(7)13-9/h6-8,10H,3-5H2,1-2H3. The van der Waals surface area contributed by atoms with Crippen LogP contribution in [-0.2, 0) is 14.2 Å².